The first-order valence-corrected chi connectivity index (χ1v) is 8.31. The van der Waals surface area contributed by atoms with Crippen LogP contribution in [0.2, 0.25) is 0 Å². The monoisotopic (exact) mass is 317 g/mol. The number of aryl methyl sites for hydroxylation is 1. The Morgan fingerprint density at radius 2 is 2.13 bits per heavy atom. The Balaban J connectivity index is 1.99. The predicted molar refractivity (Wildman–Crippen MR) is 92.5 cm³/mol. The minimum Gasteiger partial charge on any atom is -0.354 e. The number of carbonyl (C=O) groups excluding carboxylic acids is 2. The van der Waals surface area contributed by atoms with Gasteiger partial charge in [-0.05, 0) is 44.5 Å². The second kappa shape index (κ2) is 7.59. The number of hydrogen-bond donors (Lipinski definition) is 2. The Morgan fingerprint density at radius 1 is 1.39 bits per heavy atom. The van der Waals surface area contributed by atoms with E-state index in [4.69, 9.17) is 0 Å². The average molecular weight is 317 g/mol. The normalized spacial score (nSPS) is 19.0. The molecule has 5 nitrogen and oxygen atoms in total. The van der Waals surface area contributed by atoms with Crippen LogP contribution in [0.25, 0.3) is 0 Å². The van der Waals surface area contributed by atoms with Gasteiger partial charge in [0.05, 0.1) is 5.92 Å². The fourth-order valence-corrected chi connectivity index (χ4v) is 2.96. The molecule has 23 heavy (non-hydrogen) atoms. The molecule has 2 amide bonds. The Kier molecular flexibility index (Phi) is 5.77. The van der Waals surface area contributed by atoms with Gasteiger partial charge >= 0.3 is 0 Å². The lowest BCUT2D eigenvalue weighted by atomic mass is 10.1. The summed E-state index contributed by atoms with van der Waals surface area (Å²) in [6.07, 6.45) is 0.287. The zero-order valence-electron chi connectivity index (χ0n) is 14.5. The molecule has 2 N–H and O–H groups in total. The summed E-state index contributed by atoms with van der Waals surface area (Å²) < 4.78 is 0. The molecule has 5 heteroatoms. The van der Waals surface area contributed by atoms with Crippen molar-refractivity contribution in [2.24, 2.45) is 5.92 Å². The molecule has 2 atom stereocenters. The van der Waals surface area contributed by atoms with Crippen molar-refractivity contribution in [3.63, 3.8) is 0 Å². The van der Waals surface area contributed by atoms with E-state index in [9.17, 15) is 9.59 Å². The molecule has 1 aromatic carbocycles. The van der Waals surface area contributed by atoms with E-state index in [2.05, 4.69) is 10.6 Å². The van der Waals surface area contributed by atoms with Crippen molar-refractivity contribution in [3.8, 4) is 0 Å². The Morgan fingerprint density at radius 3 is 2.83 bits per heavy atom. The quantitative estimate of drug-likeness (QED) is 0.840. The molecule has 1 heterocycles. The fourth-order valence-electron chi connectivity index (χ4n) is 2.96. The maximum absolute atomic E-state index is 12.3. The first-order chi connectivity index (χ1) is 10.9. The number of benzene rings is 1. The van der Waals surface area contributed by atoms with Gasteiger partial charge in [0.15, 0.2) is 0 Å². The van der Waals surface area contributed by atoms with E-state index < -0.39 is 0 Å². The van der Waals surface area contributed by atoms with Crippen molar-refractivity contribution in [2.45, 2.75) is 40.2 Å². The third-order valence-electron chi connectivity index (χ3n) is 4.50. The summed E-state index contributed by atoms with van der Waals surface area (Å²) in [5.41, 5.74) is 3.18. The van der Waals surface area contributed by atoms with E-state index in [-0.39, 0.29) is 30.2 Å². The molecule has 2 rings (SSSR count). The molecule has 0 saturated carbocycles. The van der Waals surface area contributed by atoms with Gasteiger partial charge in [-0.25, -0.2) is 0 Å². The topological polar surface area (TPSA) is 61.4 Å². The van der Waals surface area contributed by atoms with Crippen LogP contribution in [0.15, 0.2) is 18.2 Å². The second-order valence-electron chi connectivity index (χ2n) is 6.33. The standard InChI is InChI=1S/C18H27N3O2/c1-5-19-13(3)10-20-18(23)15-9-17(22)21(11-15)16-8-6-7-12(2)14(16)4/h6-8,13,15,19H,5,9-11H2,1-4H3,(H,20,23)/t13-,15?/m1/s1. The average Bonchev–Trinajstić information content (AvgIpc) is 2.90. The van der Waals surface area contributed by atoms with E-state index in [1.54, 1.807) is 4.90 Å². The van der Waals surface area contributed by atoms with Crippen molar-refractivity contribution < 1.29 is 9.59 Å². The summed E-state index contributed by atoms with van der Waals surface area (Å²) >= 11 is 0. The minimum atomic E-state index is -0.267. The smallest absolute Gasteiger partial charge is 0.227 e. The minimum absolute atomic E-state index is 0.0265. The number of nitrogens with one attached hydrogen (secondary N) is 2. The molecule has 0 bridgehead atoms. The lowest BCUT2D eigenvalue weighted by Crippen LogP contribution is -2.41. The molecule has 1 aliphatic rings. The molecular weight excluding hydrogens is 290 g/mol. The second-order valence-corrected chi connectivity index (χ2v) is 6.33. The lowest BCUT2D eigenvalue weighted by molar-refractivity contribution is -0.126. The molecule has 1 saturated heterocycles. The number of hydrogen-bond acceptors (Lipinski definition) is 3. The molecule has 0 radical (unpaired) electrons. The third kappa shape index (κ3) is 4.10. The molecule has 1 aromatic rings. The highest BCUT2D eigenvalue weighted by atomic mass is 16.2. The van der Waals surface area contributed by atoms with Gasteiger partial charge in [0.25, 0.3) is 0 Å². The first-order valence-electron chi connectivity index (χ1n) is 8.31. The Labute approximate surface area is 138 Å². The fraction of sp³-hybridized carbons (Fsp3) is 0.556. The number of nitrogens with zero attached hydrogens (tertiary/aromatic N) is 1. The molecule has 126 valence electrons. The molecule has 1 aliphatic heterocycles. The molecule has 1 unspecified atom stereocenters. The van der Waals surface area contributed by atoms with Crippen LogP contribution in [-0.2, 0) is 9.59 Å². The van der Waals surface area contributed by atoms with Gasteiger partial charge in [-0.1, -0.05) is 19.1 Å². The summed E-state index contributed by atoms with van der Waals surface area (Å²) in [6, 6.07) is 6.17. The molecule has 0 aliphatic carbocycles. The van der Waals surface area contributed by atoms with Crippen LogP contribution in [-0.4, -0.2) is 37.5 Å². The number of rotatable bonds is 6. The molecule has 0 aromatic heterocycles. The molecule has 0 spiro atoms. The van der Waals surface area contributed by atoms with Crippen LogP contribution >= 0.6 is 0 Å². The zero-order chi connectivity index (χ0) is 17.0. The summed E-state index contributed by atoms with van der Waals surface area (Å²) in [5.74, 6) is -0.272. The van der Waals surface area contributed by atoms with Gasteiger partial charge in [-0.15, -0.1) is 0 Å². The van der Waals surface area contributed by atoms with E-state index in [0.717, 1.165) is 23.4 Å². The summed E-state index contributed by atoms with van der Waals surface area (Å²) in [6.45, 7) is 10.0. The first kappa shape index (κ1) is 17.5. The van der Waals surface area contributed by atoms with Crippen molar-refractivity contribution in [1.82, 2.24) is 10.6 Å². The maximum Gasteiger partial charge on any atom is 0.227 e. The van der Waals surface area contributed by atoms with Gasteiger partial charge in [0.1, 0.15) is 0 Å². The van der Waals surface area contributed by atoms with Crippen LogP contribution in [0.4, 0.5) is 5.69 Å². The summed E-state index contributed by atoms with van der Waals surface area (Å²) in [5, 5.41) is 6.20. The van der Waals surface area contributed by atoms with E-state index in [0.29, 0.717) is 13.1 Å². The highest BCUT2D eigenvalue weighted by Gasteiger charge is 2.35. The molecule has 1 fully saturated rings. The predicted octanol–water partition coefficient (Wildman–Crippen LogP) is 1.77. The summed E-state index contributed by atoms with van der Waals surface area (Å²) in [4.78, 5) is 26.4. The summed E-state index contributed by atoms with van der Waals surface area (Å²) in [7, 11) is 0. The van der Waals surface area contributed by atoms with Crippen molar-refractivity contribution >= 4 is 17.5 Å². The number of amides is 2. The largest absolute Gasteiger partial charge is 0.354 e. The Hall–Kier alpha value is -1.88. The van der Waals surface area contributed by atoms with E-state index in [1.807, 2.05) is 45.9 Å². The van der Waals surface area contributed by atoms with E-state index in [1.165, 1.54) is 0 Å². The van der Waals surface area contributed by atoms with Crippen LogP contribution in [0.5, 0.6) is 0 Å². The Bertz CT molecular complexity index is 586. The van der Waals surface area contributed by atoms with Crippen LogP contribution in [0.1, 0.15) is 31.4 Å². The number of carbonyl (C=O) groups is 2. The van der Waals surface area contributed by atoms with Gasteiger partial charge < -0.3 is 15.5 Å². The SMILES string of the molecule is CCN[C@H](C)CNC(=O)C1CC(=O)N(c2cccc(C)c2C)C1. The van der Waals surface area contributed by atoms with E-state index >= 15 is 0 Å². The van der Waals surface area contributed by atoms with Crippen LogP contribution < -0.4 is 15.5 Å². The number of anilines is 1. The van der Waals surface area contributed by atoms with Crippen LogP contribution in [0, 0.1) is 19.8 Å². The maximum atomic E-state index is 12.3. The van der Waals surface area contributed by atoms with Gasteiger partial charge in [-0.3, -0.25) is 9.59 Å². The third-order valence-corrected chi connectivity index (χ3v) is 4.50. The van der Waals surface area contributed by atoms with Gasteiger partial charge in [0, 0.05) is 31.2 Å². The van der Waals surface area contributed by atoms with Crippen molar-refractivity contribution in [2.75, 3.05) is 24.5 Å². The molecular formula is C18H27N3O2. The lowest BCUT2D eigenvalue weighted by Gasteiger charge is -2.20. The zero-order valence-corrected chi connectivity index (χ0v) is 14.5. The van der Waals surface area contributed by atoms with Crippen molar-refractivity contribution in [3.05, 3.63) is 29.3 Å². The highest BCUT2D eigenvalue weighted by Crippen LogP contribution is 2.29. The van der Waals surface area contributed by atoms with Crippen molar-refractivity contribution in [1.29, 1.82) is 0 Å². The van der Waals surface area contributed by atoms with Gasteiger partial charge in [0.2, 0.25) is 11.8 Å². The van der Waals surface area contributed by atoms with Crippen LogP contribution in [0.3, 0.4) is 0 Å². The number of likely N-dealkylation sites (N-methyl/N-ethyl adjacent to an activating group) is 1. The highest BCUT2D eigenvalue weighted by molar-refractivity contribution is 6.00. The van der Waals surface area contributed by atoms with Gasteiger partial charge in [-0.2, -0.15) is 0 Å².